The highest BCUT2D eigenvalue weighted by Crippen LogP contribution is 2.39. The van der Waals surface area contributed by atoms with Crippen molar-refractivity contribution in [2.24, 2.45) is 0 Å². The lowest BCUT2D eigenvalue weighted by Crippen LogP contribution is -2.12. The largest absolute Gasteiger partial charge is 0.434 e. The second-order valence-corrected chi connectivity index (χ2v) is 3.79. The first-order chi connectivity index (χ1) is 7.79. The molecule has 2 nitrogen and oxygen atoms in total. The van der Waals surface area contributed by atoms with Crippen molar-refractivity contribution in [1.29, 1.82) is 5.26 Å². The molecule has 0 saturated carbocycles. The van der Waals surface area contributed by atoms with Crippen molar-refractivity contribution in [2.45, 2.75) is 19.0 Å². The van der Waals surface area contributed by atoms with E-state index in [4.69, 9.17) is 5.26 Å². The van der Waals surface area contributed by atoms with Gasteiger partial charge in [-0.15, -0.1) is 0 Å². The van der Waals surface area contributed by atoms with Gasteiger partial charge in [0.2, 0.25) is 0 Å². The van der Waals surface area contributed by atoms with Crippen molar-refractivity contribution in [3.63, 3.8) is 0 Å². The second-order valence-electron chi connectivity index (χ2n) is 2.99. The van der Waals surface area contributed by atoms with Crippen LogP contribution >= 0.6 is 15.9 Å². The minimum atomic E-state index is -4.83. The lowest BCUT2D eigenvalue weighted by molar-refractivity contribution is -0.142. The Morgan fingerprint density at radius 3 is 2.41 bits per heavy atom. The van der Waals surface area contributed by atoms with E-state index in [1.165, 1.54) is 0 Å². The third-order valence-electron chi connectivity index (χ3n) is 1.90. The van der Waals surface area contributed by atoms with Crippen LogP contribution in [0.5, 0.6) is 0 Å². The summed E-state index contributed by atoms with van der Waals surface area (Å²) < 4.78 is 61.7. The quantitative estimate of drug-likeness (QED) is 0.777. The molecule has 0 aliphatic rings. The van der Waals surface area contributed by atoms with E-state index in [-0.39, 0.29) is 5.56 Å². The summed E-state index contributed by atoms with van der Waals surface area (Å²) in [7, 11) is 0. The second kappa shape index (κ2) is 4.96. The third-order valence-corrected chi connectivity index (χ3v) is 2.70. The normalized spacial score (nSPS) is 11.6. The molecule has 0 aliphatic heterocycles. The fourth-order valence-electron chi connectivity index (χ4n) is 1.20. The van der Waals surface area contributed by atoms with E-state index in [2.05, 4.69) is 20.9 Å². The summed E-state index contributed by atoms with van der Waals surface area (Å²) in [6.45, 7) is 0. The lowest BCUT2D eigenvalue weighted by Gasteiger charge is -2.13. The summed E-state index contributed by atoms with van der Waals surface area (Å²) in [6, 6.07) is 1.59. The number of aromatic nitrogens is 1. The van der Waals surface area contributed by atoms with Crippen LogP contribution in [0.4, 0.5) is 22.0 Å². The molecule has 0 radical (unpaired) electrons. The van der Waals surface area contributed by atoms with Crippen molar-refractivity contribution in [3.8, 4) is 6.07 Å². The van der Waals surface area contributed by atoms with Crippen LogP contribution in [0.25, 0.3) is 0 Å². The molecule has 8 heteroatoms. The molecule has 0 fully saturated rings. The SMILES string of the molecule is N#CCc1cnc(C(F)(F)F)c(Br)c1C(F)F. The monoisotopic (exact) mass is 314 g/mol. The van der Waals surface area contributed by atoms with Crippen LogP contribution in [0.15, 0.2) is 10.7 Å². The van der Waals surface area contributed by atoms with Crippen LogP contribution in [-0.4, -0.2) is 4.98 Å². The summed E-state index contributed by atoms with van der Waals surface area (Å²) >= 11 is 2.47. The van der Waals surface area contributed by atoms with Crippen molar-refractivity contribution in [2.75, 3.05) is 0 Å². The van der Waals surface area contributed by atoms with E-state index in [1.54, 1.807) is 6.07 Å². The van der Waals surface area contributed by atoms with Crippen LogP contribution in [0.1, 0.15) is 23.2 Å². The van der Waals surface area contributed by atoms with Gasteiger partial charge in [-0.05, 0) is 21.5 Å². The van der Waals surface area contributed by atoms with Crippen LogP contribution < -0.4 is 0 Å². The molecule has 0 aliphatic carbocycles. The van der Waals surface area contributed by atoms with Crippen LogP contribution in [-0.2, 0) is 12.6 Å². The molecule has 0 aromatic carbocycles. The zero-order chi connectivity index (χ0) is 13.2. The zero-order valence-electron chi connectivity index (χ0n) is 8.02. The predicted molar refractivity (Wildman–Crippen MR) is 51.2 cm³/mol. The molecule has 92 valence electrons. The third kappa shape index (κ3) is 2.91. The number of rotatable bonds is 2. The van der Waals surface area contributed by atoms with Gasteiger partial charge in [-0.25, -0.2) is 8.78 Å². The lowest BCUT2D eigenvalue weighted by atomic mass is 10.1. The van der Waals surface area contributed by atoms with Gasteiger partial charge < -0.3 is 0 Å². The number of hydrogen-bond acceptors (Lipinski definition) is 2. The van der Waals surface area contributed by atoms with E-state index < -0.39 is 34.8 Å². The molecule has 0 amide bonds. The summed E-state index contributed by atoms with van der Waals surface area (Å²) in [5, 5.41) is 8.39. The molecular formula is C9H4BrF5N2. The van der Waals surface area contributed by atoms with Gasteiger partial charge in [0.15, 0.2) is 5.69 Å². The highest BCUT2D eigenvalue weighted by atomic mass is 79.9. The summed E-state index contributed by atoms with van der Waals surface area (Å²) in [6.07, 6.45) is -7.72. The summed E-state index contributed by atoms with van der Waals surface area (Å²) in [4.78, 5) is 3.05. The van der Waals surface area contributed by atoms with Crippen LogP contribution in [0.2, 0.25) is 0 Å². The van der Waals surface area contributed by atoms with Crippen molar-refractivity contribution in [1.82, 2.24) is 4.98 Å². The molecule has 1 aromatic heterocycles. The van der Waals surface area contributed by atoms with E-state index in [9.17, 15) is 22.0 Å². The van der Waals surface area contributed by atoms with Crippen LogP contribution in [0.3, 0.4) is 0 Å². The number of halogens is 6. The van der Waals surface area contributed by atoms with Crippen LogP contribution in [0, 0.1) is 11.3 Å². The Morgan fingerprint density at radius 2 is 2.00 bits per heavy atom. The van der Waals surface area contributed by atoms with Crippen molar-refractivity contribution in [3.05, 3.63) is 27.5 Å². The molecule has 1 aromatic rings. The molecule has 0 N–H and O–H groups in total. The Labute approximate surface area is 101 Å². The fourth-order valence-corrected chi connectivity index (χ4v) is 1.95. The van der Waals surface area contributed by atoms with Gasteiger partial charge >= 0.3 is 6.18 Å². The van der Waals surface area contributed by atoms with Gasteiger partial charge in [0.25, 0.3) is 6.43 Å². The smallest absolute Gasteiger partial charge is 0.250 e. The molecule has 0 atom stereocenters. The first-order valence-electron chi connectivity index (χ1n) is 4.18. The molecule has 17 heavy (non-hydrogen) atoms. The fraction of sp³-hybridized carbons (Fsp3) is 0.333. The summed E-state index contributed by atoms with van der Waals surface area (Å²) in [5.41, 5.74) is -2.48. The molecule has 1 rings (SSSR count). The van der Waals surface area contributed by atoms with Crippen molar-refractivity contribution >= 4 is 15.9 Å². The molecule has 0 saturated heterocycles. The topological polar surface area (TPSA) is 36.7 Å². The van der Waals surface area contributed by atoms with E-state index >= 15 is 0 Å². The molecule has 0 bridgehead atoms. The standard InChI is InChI=1S/C9H4BrF5N2/c10-6-5(8(11)12)4(1-2-16)3-17-7(6)9(13,14)15/h3,8H,1H2. The first-order valence-corrected chi connectivity index (χ1v) is 4.98. The molecule has 1 heterocycles. The average Bonchev–Trinajstić information content (AvgIpc) is 2.15. The van der Waals surface area contributed by atoms with Gasteiger partial charge in [0.1, 0.15) is 0 Å². The van der Waals surface area contributed by atoms with E-state index in [1.807, 2.05) is 0 Å². The number of pyridine rings is 1. The number of nitriles is 1. The van der Waals surface area contributed by atoms with Crippen molar-refractivity contribution < 1.29 is 22.0 Å². The minimum Gasteiger partial charge on any atom is -0.250 e. The van der Waals surface area contributed by atoms with Gasteiger partial charge in [-0.2, -0.15) is 18.4 Å². The van der Waals surface area contributed by atoms with E-state index in [0.717, 1.165) is 0 Å². The maximum Gasteiger partial charge on any atom is 0.434 e. The zero-order valence-corrected chi connectivity index (χ0v) is 9.61. The molecule has 0 unspecified atom stereocenters. The number of hydrogen-bond donors (Lipinski definition) is 0. The van der Waals surface area contributed by atoms with Gasteiger partial charge in [-0.3, -0.25) is 4.98 Å². The van der Waals surface area contributed by atoms with E-state index in [0.29, 0.717) is 6.20 Å². The Bertz CT molecular complexity index is 464. The molecular weight excluding hydrogens is 311 g/mol. The molecule has 0 spiro atoms. The number of alkyl halides is 5. The Morgan fingerprint density at radius 1 is 1.41 bits per heavy atom. The maximum atomic E-state index is 12.6. The van der Waals surface area contributed by atoms with Gasteiger partial charge in [0.05, 0.1) is 17.0 Å². The Balaban J connectivity index is 3.45. The Kier molecular flexibility index (Phi) is 4.03. The minimum absolute atomic E-state index is 0.220. The highest BCUT2D eigenvalue weighted by molar-refractivity contribution is 9.10. The predicted octanol–water partition coefficient (Wildman–Crippen LogP) is 3.87. The maximum absolute atomic E-state index is 12.6. The first kappa shape index (κ1) is 13.8. The van der Waals surface area contributed by atoms with Gasteiger partial charge in [-0.1, -0.05) is 0 Å². The Hall–Kier alpha value is -1.23. The number of nitrogens with zero attached hydrogens (tertiary/aromatic N) is 2. The average molecular weight is 315 g/mol. The highest BCUT2D eigenvalue weighted by Gasteiger charge is 2.37. The van der Waals surface area contributed by atoms with Gasteiger partial charge in [0, 0.05) is 11.8 Å². The summed E-state index contributed by atoms with van der Waals surface area (Å²) in [5.74, 6) is 0.